The van der Waals surface area contributed by atoms with Crippen molar-refractivity contribution in [3.05, 3.63) is 77.0 Å². The lowest BCUT2D eigenvalue weighted by Gasteiger charge is -1.98. The summed E-state index contributed by atoms with van der Waals surface area (Å²) in [7, 11) is 0. The average molecular weight is 303 g/mol. The Morgan fingerprint density at radius 3 is 2.48 bits per heavy atom. The average Bonchev–Trinajstić information content (AvgIpc) is 2.94. The molecule has 0 saturated carbocycles. The Bertz CT molecular complexity index is 915. The largest absolute Gasteiger partial charge is 0.478 e. The van der Waals surface area contributed by atoms with E-state index in [0.29, 0.717) is 22.6 Å². The topological polar surface area (TPSA) is 63.3 Å². The number of carboxylic acids is 1. The highest BCUT2D eigenvalue weighted by Gasteiger charge is 2.13. The number of aromatic carboxylic acids is 1. The van der Waals surface area contributed by atoms with E-state index in [2.05, 4.69) is 17.0 Å². The first-order chi connectivity index (χ1) is 11.2. The first-order valence-corrected chi connectivity index (χ1v) is 7.03. The zero-order valence-corrected chi connectivity index (χ0v) is 12.4. The van der Waals surface area contributed by atoms with Crippen LogP contribution >= 0.6 is 0 Å². The van der Waals surface area contributed by atoms with Crippen molar-refractivity contribution in [2.45, 2.75) is 6.92 Å². The molecule has 1 heterocycles. The van der Waals surface area contributed by atoms with E-state index in [1.807, 2.05) is 30.3 Å². The fraction of sp³-hybridized carbons (Fsp3) is 0.0526. The lowest BCUT2D eigenvalue weighted by molar-refractivity contribution is 0.0696. The van der Waals surface area contributed by atoms with Gasteiger partial charge in [-0.05, 0) is 19.1 Å². The third kappa shape index (κ3) is 2.99. The van der Waals surface area contributed by atoms with E-state index in [4.69, 9.17) is 4.52 Å². The molecular weight excluding hydrogens is 290 g/mol. The van der Waals surface area contributed by atoms with Crippen LogP contribution in [0, 0.1) is 18.8 Å². The maximum Gasteiger partial charge on any atom is 0.336 e. The van der Waals surface area contributed by atoms with Gasteiger partial charge in [0.25, 0.3) is 0 Å². The third-order valence-electron chi connectivity index (χ3n) is 3.39. The van der Waals surface area contributed by atoms with Crippen LogP contribution in [0.25, 0.3) is 11.3 Å². The molecule has 0 radical (unpaired) electrons. The lowest BCUT2D eigenvalue weighted by Crippen LogP contribution is -1.99. The highest BCUT2D eigenvalue weighted by Crippen LogP contribution is 2.24. The molecule has 0 unspecified atom stereocenters. The molecule has 0 bridgehead atoms. The Morgan fingerprint density at radius 1 is 1.04 bits per heavy atom. The van der Waals surface area contributed by atoms with Gasteiger partial charge in [-0.2, -0.15) is 0 Å². The molecule has 1 N–H and O–H groups in total. The van der Waals surface area contributed by atoms with Crippen molar-refractivity contribution in [3.63, 3.8) is 0 Å². The first kappa shape index (κ1) is 14.6. The van der Waals surface area contributed by atoms with E-state index in [1.54, 1.807) is 25.1 Å². The Balaban J connectivity index is 2.07. The molecule has 0 aliphatic rings. The third-order valence-corrected chi connectivity index (χ3v) is 3.39. The van der Waals surface area contributed by atoms with Gasteiger partial charge in [0.1, 0.15) is 11.5 Å². The van der Waals surface area contributed by atoms with Gasteiger partial charge in [0.2, 0.25) is 0 Å². The lowest BCUT2D eigenvalue weighted by atomic mass is 10.0. The summed E-state index contributed by atoms with van der Waals surface area (Å²) in [6, 6.07) is 16.2. The van der Waals surface area contributed by atoms with Crippen molar-refractivity contribution >= 4 is 5.97 Å². The molecule has 112 valence electrons. The molecule has 23 heavy (non-hydrogen) atoms. The monoisotopic (exact) mass is 303 g/mol. The zero-order chi connectivity index (χ0) is 16.2. The van der Waals surface area contributed by atoms with Crippen LogP contribution in [0.5, 0.6) is 0 Å². The van der Waals surface area contributed by atoms with Gasteiger partial charge in [-0.3, -0.25) is 0 Å². The Kier molecular flexibility index (Phi) is 3.94. The number of carbonyl (C=O) groups is 1. The normalized spacial score (nSPS) is 9.96. The smallest absolute Gasteiger partial charge is 0.336 e. The van der Waals surface area contributed by atoms with Crippen LogP contribution in [-0.4, -0.2) is 16.2 Å². The van der Waals surface area contributed by atoms with Crippen molar-refractivity contribution in [1.29, 1.82) is 0 Å². The van der Waals surface area contributed by atoms with Crippen molar-refractivity contribution in [2.24, 2.45) is 0 Å². The van der Waals surface area contributed by atoms with Crippen molar-refractivity contribution in [2.75, 3.05) is 0 Å². The molecule has 0 saturated heterocycles. The Hall–Kier alpha value is -3.32. The van der Waals surface area contributed by atoms with Gasteiger partial charge < -0.3 is 9.63 Å². The fourth-order valence-corrected chi connectivity index (χ4v) is 2.22. The molecule has 1 aromatic heterocycles. The van der Waals surface area contributed by atoms with Crippen LogP contribution < -0.4 is 0 Å². The van der Waals surface area contributed by atoms with Crippen LogP contribution in [0.15, 0.2) is 59.1 Å². The van der Waals surface area contributed by atoms with Gasteiger partial charge in [0.15, 0.2) is 0 Å². The maximum atomic E-state index is 11.2. The molecule has 2 aromatic carbocycles. The van der Waals surface area contributed by atoms with E-state index in [9.17, 15) is 9.90 Å². The maximum absolute atomic E-state index is 11.2. The zero-order valence-electron chi connectivity index (χ0n) is 12.4. The van der Waals surface area contributed by atoms with Crippen molar-refractivity contribution < 1.29 is 14.4 Å². The minimum absolute atomic E-state index is 0.176. The van der Waals surface area contributed by atoms with E-state index in [0.717, 1.165) is 5.56 Å². The highest BCUT2D eigenvalue weighted by molar-refractivity contribution is 5.90. The number of rotatable bonds is 2. The number of benzene rings is 2. The summed E-state index contributed by atoms with van der Waals surface area (Å²) in [6.07, 6.45) is 0. The van der Waals surface area contributed by atoms with E-state index in [-0.39, 0.29) is 5.56 Å². The standard InChI is InChI=1S/C19H13NO3/c1-13-16(18(20-23-13)15-8-3-2-4-9-15)12-11-14-7-5-6-10-17(14)19(21)22/h2-10H,1H3,(H,21,22). The molecule has 0 spiro atoms. The van der Waals surface area contributed by atoms with Gasteiger partial charge >= 0.3 is 5.97 Å². The predicted molar refractivity (Wildman–Crippen MR) is 86.1 cm³/mol. The second kappa shape index (κ2) is 6.20. The summed E-state index contributed by atoms with van der Waals surface area (Å²) in [6.45, 7) is 1.78. The van der Waals surface area contributed by atoms with Crippen molar-refractivity contribution in [3.8, 4) is 23.1 Å². The van der Waals surface area contributed by atoms with E-state index < -0.39 is 5.97 Å². The minimum Gasteiger partial charge on any atom is -0.478 e. The van der Waals surface area contributed by atoms with Crippen LogP contribution in [0.2, 0.25) is 0 Å². The number of hydrogen-bond donors (Lipinski definition) is 1. The van der Waals surface area contributed by atoms with Gasteiger partial charge in [0, 0.05) is 11.1 Å². The second-order valence-corrected chi connectivity index (χ2v) is 4.93. The molecule has 0 atom stereocenters. The summed E-state index contributed by atoms with van der Waals surface area (Å²) >= 11 is 0. The molecule has 0 aliphatic heterocycles. The van der Waals surface area contributed by atoms with E-state index >= 15 is 0 Å². The van der Waals surface area contributed by atoms with Gasteiger partial charge in [-0.1, -0.05) is 59.5 Å². The number of aryl methyl sites for hydroxylation is 1. The van der Waals surface area contributed by atoms with E-state index in [1.165, 1.54) is 6.07 Å². The van der Waals surface area contributed by atoms with Gasteiger partial charge in [-0.15, -0.1) is 0 Å². The number of nitrogens with zero attached hydrogens (tertiary/aromatic N) is 1. The summed E-state index contributed by atoms with van der Waals surface area (Å²) in [4.78, 5) is 11.2. The van der Waals surface area contributed by atoms with Crippen LogP contribution in [0.1, 0.15) is 27.2 Å². The number of hydrogen-bond acceptors (Lipinski definition) is 3. The first-order valence-electron chi connectivity index (χ1n) is 7.03. The number of aromatic nitrogens is 1. The molecule has 4 heteroatoms. The van der Waals surface area contributed by atoms with Gasteiger partial charge in [-0.25, -0.2) is 4.79 Å². The minimum atomic E-state index is -1.000. The molecule has 3 rings (SSSR count). The molecule has 0 aliphatic carbocycles. The van der Waals surface area contributed by atoms with Gasteiger partial charge in [0.05, 0.1) is 11.1 Å². The Labute approximate surface area is 133 Å². The summed E-state index contributed by atoms with van der Waals surface area (Å²) in [5.41, 5.74) is 2.86. The SMILES string of the molecule is Cc1onc(-c2ccccc2)c1C#Cc1ccccc1C(=O)O. The summed E-state index contributed by atoms with van der Waals surface area (Å²) < 4.78 is 5.25. The molecule has 4 nitrogen and oxygen atoms in total. The van der Waals surface area contributed by atoms with Crippen molar-refractivity contribution in [1.82, 2.24) is 5.16 Å². The second-order valence-electron chi connectivity index (χ2n) is 4.93. The fourth-order valence-electron chi connectivity index (χ4n) is 2.22. The Morgan fingerprint density at radius 2 is 1.74 bits per heavy atom. The number of carboxylic acid groups (broad SMARTS) is 1. The van der Waals surface area contributed by atoms with Crippen LogP contribution in [0.4, 0.5) is 0 Å². The van der Waals surface area contributed by atoms with Crippen LogP contribution in [0.3, 0.4) is 0 Å². The molecule has 0 amide bonds. The predicted octanol–water partition coefficient (Wildman–Crippen LogP) is 3.75. The molecule has 3 aromatic rings. The van der Waals surface area contributed by atoms with Crippen LogP contribution in [-0.2, 0) is 0 Å². The summed E-state index contributed by atoms with van der Waals surface area (Å²) in [5.74, 6) is 5.52. The quantitative estimate of drug-likeness (QED) is 0.732. The molecular formula is C19H13NO3. The molecule has 0 fully saturated rings. The summed E-state index contributed by atoms with van der Waals surface area (Å²) in [5, 5.41) is 13.3. The highest BCUT2D eigenvalue weighted by atomic mass is 16.5.